The van der Waals surface area contributed by atoms with Crippen LogP contribution in [-0.2, 0) is 4.79 Å². The van der Waals surface area contributed by atoms with Crippen molar-refractivity contribution in [1.82, 2.24) is 5.32 Å². The van der Waals surface area contributed by atoms with Crippen molar-refractivity contribution in [2.75, 3.05) is 0 Å². The molecule has 0 saturated heterocycles. The number of hydrogen-bond acceptors (Lipinski definition) is 2. The molecule has 1 aliphatic carbocycles. The molecule has 1 amide bonds. The number of benzene rings is 1. The van der Waals surface area contributed by atoms with E-state index in [9.17, 15) is 4.79 Å². The van der Waals surface area contributed by atoms with Gasteiger partial charge in [0.15, 0.2) is 0 Å². The number of halogens is 1. The quantitative estimate of drug-likeness (QED) is 0.801. The lowest BCUT2D eigenvalue weighted by Crippen LogP contribution is -2.41. The summed E-state index contributed by atoms with van der Waals surface area (Å²) in [6.45, 7) is 2.06. The van der Waals surface area contributed by atoms with Crippen LogP contribution >= 0.6 is 23.4 Å². The van der Waals surface area contributed by atoms with E-state index in [1.165, 1.54) is 19.3 Å². The van der Waals surface area contributed by atoms with Crippen molar-refractivity contribution < 1.29 is 4.79 Å². The zero-order chi connectivity index (χ0) is 14.4. The minimum Gasteiger partial charge on any atom is -0.352 e. The van der Waals surface area contributed by atoms with Gasteiger partial charge in [0.05, 0.1) is 5.25 Å². The van der Waals surface area contributed by atoms with Gasteiger partial charge in [-0.3, -0.25) is 4.79 Å². The molecule has 0 aliphatic heterocycles. The van der Waals surface area contributed by atoms with Crippen LogP contribution < -0.4 is 5.32 Å². The molecule has 1 fully saturated rings. The Balaban J connectivity index is 1.89. The van der Waals surface area contributed by atoms with E-state index < -0.39 is 0 Å². The topological polar surface area (TPSA) is 29.1 Å². The minimum atomic E-state index is -0.0156. The van der Waals surface area contributed by atoms with Gasteiger partial charge in [-0.25, -0.2) is 0 Å². The summed E-state index contributed by atoms with van der Waals surface area (Å²) in [6, 6.07) is 8.08. The minimum absolute atomic E-state index is 0.0156. The van der Waals surface area contributed by atoms with Crippen molar-refractivity contribution in [3.63, 3.8) is 0 Å². The van der Waals surface area contributed by atoms with Crippen LogP contribution in [0.1, 0.15) is 45.4 Å². The maximum Gasteiger partial charge on any atom is 0.233 e. The van der Waals surface area contributed by atoms with Crippen LogP contribution in [0.4, 0.5) is 0 Å². The van der Waals surface area contributed by atoms with Crippen LogP contribution in [0.2, 0.25) is 5.02 Å². The van der Waals surface area contributed by atoms with Gasteiger partial charge < -0.3 is 5.32 Å². The Labute approximate surface area is 130 Å². The molecule has 110 valence electrons. The second kappa shape index (κ2) is 7.94. The maximum atomic E-state index is 12.4. The van der Waals surface area contributed by atoms with E-state index in [1.807, 2.05) is 24.3 Å². The Kier molecular flexibility index (Phi) is 6.24. The van der Waals surface area contributed by atoms with Gasteiger partial charge >= 0.3 is 0 Å². The predicted molar refractivity (Wildman–Crippen MR) is 86.4 cm³/mol. The molecule has 2 rings (SSSR count). The van der Waals surface area contributed by atoms with Crippen molar-refractivity contribution in [1.29, 1.82) is 0 Å². The summed E-state index contributed by atoms with van der Waals surface area (Å²) in [7, 11) is 0. The van der Waals surface area contributed by atoms with Crippen LogP contribution in [0.15, 0.2) is 29.2 Å². The van der Waals surface area contributed by atoms with Crippen LogP contribution in [0, 0.1) is 0 Å². The first-order valence-electron chi connectivity index (χ1n) is 7.41. The summed E-state index contributed by atoms with van der Waals surface area (Å²) in [5.74, 6) is 0.180. The van der Waals surface area contributed by atoms with E-state index >= 15 is 0 Å². The average Bonchev–Trinajstić information content (AvgIpc) is 2.47. The Bertz CT molecular complexity index is 429. The fourth-order valence-corrected chi connectivity index (χ4v) is 3.63. The molecule has 1 saturated carbocycles. The van der Waals surface area contributed by atoms with Gasteiger partial charge in [-0.05, 0) is 43.5 Å². The third kappa shape index (κ3) is 4.71. The van der Waals surface area contributed by atoms with Gasteiger partial charge in [-0.15, -0.1) is 11.8 Å². The number of hydrogen-bond donors (Lipinski definition) is 1. The molecular formula is C16H22ClNOS. The predicted octanol–water partition coefficient (Wildman–Crippen LogP) is 4.66. The smallest absolute Gasteiger partial charge is 0.233 e. The van der Waals surface area contributed by atoms with E-state index in [2.05, 4.69) is 12.2 Å². The van der Waals surface area contributed by atoms with E-state index in [0.717, 1.165) is 29.2 Å². The summed E-state index contributed by atoms with van der Waals surface area (Å²) in [5, 5.41) is 3.93. The van der Waals surface area contributed by atoms with E-state index in [-0.39, 0.29) is 11.2 Å². The molecule has 1 atom stereocenters. The molecule has 0 radical (unpaired) electrons. The second-order valence-electron chi connectivity index (χ2n) is 5.31. The second-order valence-corrected chi connectivity index (χ2v) is 7.02. The first-order valence-corrected chi connectivity index (χ1v) is 8.67. The first-order chi connectivity index (χ1) is 9.69. The van der Waals surface area contributed by atoms with Crippen molar-refractivity contribution in [2.45, 2.75) is 61.6 Å². The highest BCUT2D eigenvalue weighted by Gasteiger charge is 2.22. The number of amides is 1. The molecule has 4 heteroatoms. The van der Waals surface area contributed by atoms with Crippen LogP contribution in [0.25, 0.3) is 0 Å². The molecule has 2 nitrogen and oxygen atoms in total. The van der Waals surface area contributed by atoms with Crippen molar-refractivity contribution in [2.24, 2.45) is 0 Å². The Hall–Kier alpha value is -0.670. The van der Waals surface area contributed by atoms with E-state index in [4.69, 9.17) is 11.6 Å². The van der Waals surface area contributed by atoms with Crippen molar-refractivity contribution in [3.8, 4) is 0 Å². The van der Waals surface area contributed by atoms with Gasteiger partial charge in [0, 0.05) is 16.0 Å². The third-order valence-corrected chi connectivity index (χ3v) is 5.33. The first kappa shape index (κ1) is 15.7. The Morgan fingerprint density at radius 1 is 1.30 bits per heavy atom. The van der Waals surface area contributed by atoms with Crippen LogP contribution in [0.5, 0.6) is 0 Å². The normalized spacial score (nSPS) is 17.7. The van der Waals surface area contributed by atoms with Crippen LogP contribution in [0.3, 0.4) is 0 Å². The molecule has 20 heavy (non-hydrogen) atoms. The highest BCUT2D eigenvalue weighted by molar-refractivity contribution is 8.00. The summed E-state index contributed by atoms with van der Waals surface area (Å²) in [6.07, 6.45) is 6.90. The van der Waals surface area contributed by atoms with Gasteiger partial charge in [0.1, 0.15) is 0 Å². The highest BCUT2D eigenvalue weighted by atomic mass is 35.5. The Morgan fingerprint density at radius 3 is 2.55 bits per heavy atom. The molecule has 1 aromatic rings. The molecule has 1 aliphatic rings. The summed E-state index contributed by atoms with van der Waals surface area (Å²) >= 11 is 7.51. The average molecular weight is 312 g/mol. The third-order valence-electron chi connectivity index (χ3n) is 3.71. The Morgan fingerprint density at radius 2 is 1.95 bits per heavy atom. The van der Waals surface area contributed by atoms with Gasteiger partial charge in [-0.2, -0.15) is 0 Å². The molecule has 0 aromatic heterocycles. The van der Waals surface area contributed by atoms with Crippen LogP contribution in [-0.4, -0.2) is 17.2 Å². The summed E-state index contributed by atoms with van der Waals surface area (Å²) in [4.78, 5) is 13.5. The lowest BCUT2D eigenvalue weighted by atomic mass is 9.95. The summed E-state index contributed by atoms with van der Waals surface area (Å²) < 4.78 is 0. The zero-order valence-corrected chi connectivity index (χ0v) is 13.5. The lowest BCUT2D eigenvalue weighted by molar-refractivity contribution is -0.121. The monoisotopic (exact) mass is 311 g/mol. The molecule has 0 spiro atoms. The molecule has 1 N–H and O–H groups in total. The molecule has 1 aromatic carbocycles. The fourth-order valence-electron chi connectivity index (χ4n) is 2.54. The molecular weight excluding hydrogens is 290 g/mol. The van der Waals surface area contributed by atoms with Crippen molar-refractivity contribution >= 4 is 29.3 Å². The number of thioether (sulfide) groups is 1. The zero-order valence-electron chi connectivity index (χ0n) is 11.9. The summed E-state index contributed by atoms with van der Waals surface area (Å²) in [5.41, 5.74) is 0. The largest absolute Gasteiger partial charge is 0.352 e. The highest BCUT2D eigenvalue weighted by Crippen LogP contribution is 2.27. The SMILES string of the molecule is CCC(Sc1ccc(Cl)cc1)C(=O)NC1CCCCC1. The number of rotatable bonds is 5. The molecule has 0 heterocycles. The van der Waals surface area contributed by atoms with Gasteiger partial charge in [0.2, 0.25) is 5.91 Å². The maximum absolute atomic E-state index is 12.4. The van der Waals surface area contributed by atoms with Gasteiger partial charge in [0.25, 0.3) is 0 Å². The van der Waals surface area contributed by atoms with Crippen molar-refractivity contribution in [3.05, 3.63) is 29.3 Å². The molecule has 0 bridgehead atoms. The lowest BCUT2D eigenvalue weighted by Gasteiger charge is -2.25. The number of carbonyl (C=O) groups is 1. The standard InChI is InChI=1S/C16H22ClNOS/c1-2-15(20-14-10-8-12(17)9-11-14)16(19)18-13-6-4-3-5-7-13/h8-11,13,15H,2-7H2,1H3,(H,18,19). The number of nitrogens with one attached hydrogen (secondary N) is 1. The fraction of sp³-hybridized carbons (Fsp3) is 0.562. The van der Waals surface area contributed by atoms with E-state index in [0.29, 0.717) is 6.04 Å². The number of carbonyl (C=O) groups excluding carboxylic acids is 1. The van der Waals surface area contributed by atoms with E-state index in [1.54, 1.807) is 11.8 Å². The molecule has 1 unspecified atom stereocenters. The van der Waals surface area contributed by atoms with Gasteiger partial charge in [-0.1, -0.05) is 37.8 Å².